The molecular formula is C21H23N5OS. The van der Waals surface area contributed by atoms with E-state index in [0.717, 1.165) is 40.7 Å². The van der Waals surface area contributed by atoms with Crippen molar-refractivity contribution in [2.75, 3.05) is 50.1 Å². The average molecular weight is 394 g/mol. The van der Waals surface area contributed by atoms with Gasteiger partial charge in [-0.2, -0.15) is 0 Å². The highest BCUT2D eigenvalue weighted by Crippen LogP contribution is 2.24. The van der Waals surface area contributed by atoms with Crippen LogP contribution in [0.15, 0.2) is 53.9 Å². The first-order valence-electron chi connectivity index (χ1n) is 9.31. The predicted molar refractivity (Wildman–Crippen MR) is 114 cm³/mol. The molecule has 1 aliphatic rings. The van der Waals surface area contributed by atoms with Gasteiger partial charge >= 0.3 is 0 Å². The first-order chi connectivity index (χ1) is 13.6. The van der Waals surface area contributed by atoms with Gasteiger partial charge in [0.1, 0.15) is 5.69 Å². The van der Waals surface area contributed by atoms with Gasteiger partial charge in [-0.05, 0) is 41.8 Å². The topological polar surface area (TPSA) is 52.6 Å². The molecule has 144 valence electrons. The van der Waals surface area contributed by atoms with Crippen LogP contribution in [0.5, 0.6) is 0 Å². The summed E-state index contributed by atoms with van der Waals surface area (Å²) in [5.74, 6) is 0.949. The van der Waals surface area contributed by atoms with Crippen LogP contribution >= 0.6 is 11.3 Å². The normalized spacial score (nSPS) is 14.2. The molecule has 0 spiro atoms. The largest absolute Gasteiger partial charge is 0.378 e. The summed E-state index contributed by atoms with van der Waals surface area (Å²) in [5, 5.41) is 10.8. The Morgan fingerprint density at radius 3 is 2.46 bits per heavy atom. The predicted octanol–water partition coefficient (Wildman–Crippen LogP) is 3.23. The van der Waals surface area contributed by atoms with Crippen LogP contribution in [-0.2, 0) is 0 Å². The van der Waals surface area contributed by atoms with Crippen LogP contribution in [0.1, 0.15) is 10.4 Å². The summed E-state index contributed by atoms with van der Waals surface area (Å²) in [6.45, 7) is 2.87. The highest BCUT2D eigenvalue weighted by Gasteiger charge is 2.23. The Hall–Kier alpha value is -2.93. The van der Waals surface area contributed by atoms with Crippen molar-refractivity contribution in [1.29, 1.82) is 0 Å². The van der Waals surface area contributed by atoms with Crippen molar-refractivity contribution >= 4 is 28.7 Å². The van der Waals surface area contributed by atoms with Crippen molar-refractivity contribution in [3.8, 4) is 10.6 Å². The van der Waals surface area contributed by atoms with Crippen LogP contribution in [0.2, 0.25) is 0 Å². The number of hydrogen-bond donors (Lipinski definition) is 0. The third kappa shape index (κ3) is 3.84. The Morgan fingerprint density at radius 1 is 1.00 bits per heavy atom. The van der Waals surface area contributed by atoms with Crippen LogP contribution in [0.4, 0.5) is 11.5 Å². The summed E-state index contributed by atoms with van der Waals surface area (Å²) < 4.78 is 0. The van der Waals surface area contributed by atoms with Crippen molar-refractivity contribution < 1.29 is 4.79 Å². The molecule has 0 atom stereocenters. The van der Waals surface area contributed by atoms with Crippen LogP contribution < -0.4 is 9.80 Å². The molecule has 3 aromatic rings. The van der Waals surface area contributed by atoms with E-state index in [4.69, 9.17) is 0 Å². The minimum absolute atomic E-state index is 0.0856. The summed E-state index contributed by atoms with van der Waals surface area (Å²) in [6.07, 6.45) is 0. The molecule has 1 fully saturated rings. The second-order valence-electron chi connectivity index (χ2n) is 6.98. The maximum atomic E-state index is 12.9. The van der Waals surface area contributed by atoms with Crippen LogP contribution in [0.25, 0.3) is 10.6 Å². The molecule has 1 amide bonds. The van der Waals surface area contributed by atoms with Crippen LogP contribution in [0, 0.1) is 0 Å². The quantitative estimate of drug-likeness (QED) is 0.681. The van der Waals surface area contributed by atoms with Gasteiger partial charge in [0.2, 0.25) is 0 Å². The lowest BCUT2D eigenvalue weighted by Crippen LogP contribution is -2.49. The molecule has 7 heteroatoms. The number of carbonyl (C=O) groups is 1. The second kappa shape index (κ2) is 7.98. The standard InChI is InChI=1S/C21H23N5OS/c1-24(2)17-6-3-5-16(15-17)21(27)26-12-10-25(11-13-26)20-9-8-18(22-23-20)19-7-4-14-28-19/h3-9,14-15H,10-13H2,1-2H3. The molecule has 0 unspecified atom stereocenters. The zero-order chi connectivity index (χ0) is 19.5. The number of aromatic nitrogens is 2. The summed E-state index contributed by atoms with van der Waals surface area (Å²) in [5.41, 5.74) is 2.67. The molecule has 1 aromatic carbocycles. The van der Waals surface area contributed by atoms with E-state index in [0.29, 0.717) is 13.1 Å². The molecule has 4 rings (SSSR count). The van der Waals surface area contributed by atoms with Crippen LogP contribution in [-0.4, -0.2) is 61.3 Å². The minimum Gasteiger partial charge on any atom is -0.378 e. The smallest absolute Gasteiger partial charge is 0.254 e. The third-order valence-electron chi connectivity index (χ3n) is 4.92. The molecule has 0 N–H and O–H groups in total. The van der Waals surface area contributed by atoms with Gasteiger partial charge in [-0.25, -0.2) is 0 Å². The molecule has 3 heterocycles. The number of amides is 1. The molecule has 1 saturated heterocycles. The molecule has 0 aliphatic carbocycles. The lowest BCUT2D eigenvalue weighted by molar-refractivity contribution is 0.0746. The lowest BCUT2D eigenvalue weighted by Gasteiger charge is -2.35. The lowest BCUT2D eigenvalue weighted by atomic mass is 10.1. The number of hydrogen-bond acceptors (Lipinski definition) is 6. The summed E-state index contributed by atoms with van der Waals surface area (Å²) in [7, 11) is 3.96. The molecular weight excluding hydrogens is 370 g/mol. The SMILES string of the molecule is CN(C)c1cccc(C(=O)N2CCN(c3ccc(-c4cccs4)nn3)CC2)c1. The van der Waals surface area contributed by atoms with Gasteiger partial charge in [-0.3, -0.25) is 4.79 Å². The molecule has 2 aromatic heterocycles. The number of thiophene rings is 1. The van der Waals surface area contributed by atoms with E-state index in [1.54, 1.807) is 11.3 Å². The fraction of sp³-hybridized carbons (Fsp3) is 0.286. The Labute approximate surface area is 169 Å². The molecule has 1 aliphatic heterocycles. The highest BCUT2D eigenvalue weighted by molar-refractivity contribution is 7.13. The number of nitrogens with zero attached hydrogens (tertiary/aromatic N) is 5. The fourth-order valence-corrected chi connectivity index (χ4v) is 3.98. The molecule has 0 saturated carbocycles. The first-order valence-corrected chi connectivity index (χ1v) is 10.2. The van der Waals surface area contributed by atoms with Gasteiger partial charge in [-0.1, -0.05) is 12.1 Å². The van der Waals surface area contributed by atoms with Gasteiger partial charge in [0.15, 0.2) is 5.82 Å². The average Bonchev–Trinajstić information content (AvgIpc) is 3.28. The number of anilines is 2. The van der Waals surface area contributed by atoms with E-state index >= 15 is 0 Å². The Kier molecular flexibility index (Phi) is 5.25. The fourth-order valence-electron chi connectivity index (χ4n) is 3.29. The zero-order valence-corrected chi connectivity index (χ0v) is 16.9. The van der Waals surface area contributed by atoms with Crippen molar-refractivity contribution in [3.05, 3.63) is 59.5 Å². The number of benzene rings is 1. The van der Waals surface area contributed by atoms with Gasteiger partial charge in [0.05, 0.1) is 4.88 Å². The maximum absolute atomic E-state index is 12.9. The second-order valence-corrected chi connectivity index (χ2v) is 7.93. The van der Waals surface area contributed by atoms with Gasteiger partial charge in [0, 0.05) is 51.5 Å². The van der Waals surface area contributed by atoms with Crippen molar-refractivity contribution in [2.45, 2.75) is 0 Å². The monoisotopic (exact) mass is 393 g/mol. The van der Waals surface area contributed by atoms with Gasteiger partial charge in [-0.15, -0.1) is 21.5 Å². The Bertz CT molecular complexity index is 932. The van der Waals surface area contributed by atoms with E-state index < -0.39 is 0 Å². The summed E-state index contributed by atoms with van der Waals surface area (Å²) in [6, 6.07) is 15.9. The van der Waals surface area contributed by atoms with Crippen molar-refractivity contribution in [1.82, 2.24) is 15.1 Å². The zero-order valence-electron chi connectivity index (χ0n) is 16.1. The van der Waals surface area contributed by atoms with E-state index in [2.05, 4.69) is 15.1 Å². The Balaban J connectivity index is 1.39. The maximum Gasteiger partial charge on any atom is 0.254 e. The van der Waals surface area contributed by atoms with E-state index in [9.17, 15) is 4.79 Å². The van der Waals surface area contributed by atoms with Crippen molar-refractivity contribution in [2.24, 2.45) is 0 Å². The van der Waals surface area contributed by atoms with Crippen LogP contribution in [0.3, 0.4) is 0 Å². The highest BCUT2D eigenvalue weighted by atomic mass is 32.1. The van der Waals surface area contributed by atoms with E-state index in [1.165, 1.54) is 0 Å². The summed E-state index contributed by atoms with van der Waals surface area (Å²) >= 11 is 1.66. The number of piperazine rings is 1. The van der Waals surface area contributed by atoms with Gasteiger partial charge in [0.25, 0.3) is 5.91 Å². The number of rotatable bonds is 4. The van der Waals surface area contributed by atoms with E-state index in [1.807, 2.05) is 77.8 Å². The van der Waals surface area contributed by atoms with Gasteiger partial charge < -0.3 is 14.7 Å². The molecule has 28 heavy (non-hydrogen) atoms. The third-order valence-corrected chi connectivity index (χ3v) is 5.82. The summed E-state index contributed by atoms with van der Waals surface area (Å²) in [4.78, 5) is 20.1. The van der Waals surface area contributed by atoms with Crippen molar-refractivity contribution in [3.63, 3.8) is 0 Å². The molecule has 6 nitrogen and oxygen atoms in total. The number of carbonyl (C=O) groups excluding carboxylic acids is 1. The molecule has 0 radical (unpaired) electrons. The van der Waals surface area contributed by atoms with E-state index in [-0.39, 0.29) is 5.91 Å². The minimum atomic E-state index is 0.0856. The molecule has 0 bridgehead atoms. The Morgan fingerprint density at radius 2 is 1.82 bits per heavy atom. The first kappa shape index (κ1) is 18.4.